The van der Waals surface area contributed by atoms with Gasteiger partial charge in [0.1, 0.15) is 0 Å². The summed E-state index contributed by atoms with van der Waals surface area (Å²) in [4.78, 5) is 23.4. The molecule has 2 unspecified atom stereocenters. The molecule has 0 amide bonds. The van der Waals surface area contributed by atoms with Crippen molar-refractivity contribution in [3.63, 3.8) is 0 Å². The largest absolute Gasteiger partial charge is 0.479 e. The fourth-order valence-corrected chi connectivity index (χ4v) is 2.74. The Kier molecular flexibility index (Phi) is 2.58. The number of thiophene rings is 1. The Bertz CT molecular complexity index is 409. The van der Waals surface area contributed by atoms with Crippen LogP contribution in [0.15, 0.2) is 11.4 Å². The maximum Gasteiger partial charge on any atom is 0.333 e. The van der Waals surface area contributed by atoms with Crippen LogP contribution < -0.4 is 0 Å². The first-order chi connectivity index (χ1) is 7.11. The molecular weight excluding hydrogens is 216 g/mol. The quantitative estimate of drug-likeness (QED) is 0.787. The van der Waals surface area contributed by atoms with E-state index in [9.17, 15) is 14.7 Å². The van der Waals surface area contributed by atoms with Crippen molar-refractivity contribution in [2.45, 2.75) is 18.9 Å². The zero-order valence-corrected chi connectivity index (χ0v) is 8.66. The van der Waals surface area contributed by atoms with Gasteiger partial charge >= 0.3 is 5.97 Å². The fraction of sp³-hybridized carbons (Fsp3) is 0.400. The predicted molar refractivity (Wildman–Crippen MR) is 54.1 cm³/mol. The van der Waals surface area contributed by atoms with Gasteiger partial charge in [0.2, 0.25) is 0 Å². The minimum Gasteiger partial charge on any atom is -0.479 e. The molecule has 0 saturated heterocycles. The van der Waals surface area contributed by atoms with E-state index in [1.54, 1.807) is 6.07 Å². The van der Waals surface area contributed by atoms with Crippen LogP contribution in [0.25, 0.3) is 0 Å². The summed E-state index contributed by atoms with van der Waals surface area (Å²) in [5, 5.41) is 19.8. The topological polar surface area (TPSA) is 74.6 Å². The van der Waals surface area contributed by atoms with Crippen LogP contribution in [-0.2, 0) is 11.2 Å². The van der Waals surface area contributed by atoms with Gasteiger partial charge in [-0.1, -0.05) is 0 Å². The first kappa shape index (κ1) is 10.3. The lowest BCUT2D eigenvalue weighted by Gasteiger charge is -2.22. The van der Waals surface area contributed by atoms with Crippen LogP contribution >= 0.6 is 11.3 Å². The number of hydrogen-bond acceptors (Lipinski definition) is 4. The highest BCUT2D eigenvalue weighted by atomic mass is 32.1. The number of carboxylic acid groups (broad SMARTS) is 1. The number of carbonyl (C=O) groups is 2. The molecule has 2 N–H and O–H groups in total. The van der Waals surface area contributed by atoms with Gasteiger partial charge in [-0.15, -0.1) is 11.3 Å². The van der Waals surface area contributed by atoms with Gasteiger partial charge in [-0.2, -0.15) is 0 Å². The smallest absolute Gasteiger partial charge is 0.333 e. The van der Waals surface area contributed by atoms with Gasteiger partial charge in [0.15, 0.2) is 11.9 Å². The molecule has 1 aliphatic carbocycles. The zero-order valence-electron chi connectivity index (χ0n) is 7.84. The minimum absolute atomic E-state index is 0.243. The molecule has 0 saturated carbocycles. The van der Waals surface area contributed by atoms with Crippen LogP contribution in [0.1, 0.15) is 21.7 Å². The lowest BCUT2D eigenvalue weighted by atomic mass is 9.83. The Morgan fingerprint density at radius 2 is 2.33 bits per heavy atom. The number of aryl methyl sites for hydroxylation is 1. The van der Waals surface area contributed by atoms with E-state index in [2.05, 4.69) is 0 Å². The first-order valence-electron chi connectivity index (χ1n) is 4.62. The molecule has 4 nitrogen and oxygen atoms in total. The molecule has 1 aromatic rings. The van der Waals surface area contributed by atoms with Crippen LogP contribution in [0.4, 0.5) is 0 Å². The van der Waals surface area contributed by atoms with Gasteiger partial charge in [-0.3, -0.25) is 4.79 Å². The van der Waals surface area contributed by atoms with Crippen molar-refractivity contribution in [3.05, 3.63) is 21.9 Å². The number of rotatable bonds is 2. The monoisotopic (exact) mass is 226 g/mol. The Morgan fingerprint density at radius 1 is 1.60 bits per heavy atom. The number of hydrogen-bond donors (Lipinski definition) is 2. The number of aliphatic carboxylic acids is 1. The van der Waals surface area contributed by atoms with E-state index in [1.165, 1.54) is 11.3 Å². The maximum atomic E-state index is 11.8. The van der Waals surface area contributed by atoms with Crippen molar-refractivity contribution < 1.29 is 19.8 Å². The Hall–Kier alpha value is -1.20. The molecule has 80 valence electrons. The average Bonchev–Trinajstić information content (AvgIpc) is 2.66. The van der Waals surface area contributed by atoms with Crippen molar-refractivity contribution in [3.8, 4) is 0 Å². The molecule has 0 spiro atoms. The molecule has 1 heterocycles. The summed E-state index contributed by atoms with van der Waals surface area (Å²) in [5.41, 5.74) is 0.580. The molecule has 0 radical (unpaired) electrons. The number of aliphatic hydroxyl groups is 1. The van der Waals surface area contributed by atoms with E-state index in [0.29, 0.717) is 18.4 Å². The molecule has 1 aliphatic rings. The average molecular weight is 226 g/mol. The van der Waals surface area contributed by atoms with Crippen molar-refractivity contribution in [2.75, 3.05) is 0 Å². The van der Waals surface area contributed by atoms with Gasteiger partial charge in [0.05, 0.1) is 5.92 Å². The third-order valence-electron chi connectivity index (χ3n) is 2.66. The van der Waals surface area contributed by atoms with Crippen LogP contribution in [0.5, 0.6) is 0 Å². The number of fused-ring (bicyclic) bond motifs is 1. The van der Waals surface area contributed by atoms with Gasteiger partial charge in [-0.25, -0.2) is 4.79 Å². The van der Waals surface area contributed by atoms with Crippen molar-refractivity contribution in [1.29, 1.82) is 0 Å². The fourth-order valence-electron chi connectivity index (χ4n) is 1.84. The molecule has 0 bridgehead atoms. The Balaban J connectivity index is 2.27. The summed E-state index contributed by atoms with van der Waals surface area (Å²) < 4.78 is 0. The predicted octanol–water partition coefficient (Wildman–Crippen LogP) is 0.939. The summed E-state index contributed by atoms with van der Waals surface area (Å²) in [6.45, 7) is 0. The third kappa shape index (κ3) is 1.68. The van der Waals surface area contributed by atoms with Crippen molar-refractivity contribution >= 4 is 23.1 Å². The summed E-state index contributed by atoms with van der Waals surface area (Å²) in [5.74, 6) is -2.36. The first-order valence-corrected chi connectivity index (χ1v) is 5.50. The van der Waals surface area contributed by atoms with Gasteiger partial charge in [-0.05, 0) is 24.3 Å². The molecule has 0 aliphatic heterocycles. The second-order valence-electron chi connectivity index (χ2n) is 3.55. The van der Waals surface area contributed by atoms with Crippen LogP contribution in [0.3, 0.4) is 0 Å². The summed E-state index contributed by atoms with van der Waals surface area (Å²) in [6.07, 6.45) is -0.487. The van der Waals surface area contributed by atoms with E-state index in [-0.39, 0.29) is 5.78 Å². The molecule has 5 heteroatoms. The lowest BCUT2D eigenvalue weighted by Crippen LogP contribution is -2.37. The molecule has 15 heavy (non-hydrogen) atoms. The number of Topliss-reactive ketones (excluding diaryl/α,β-unsaturated/α-hetero) is 1. The number of ketones is 1. The Morgan fingerprint density at radius 3 is 3.00 bits per heavy atom. The molecule has 2 atom stereocenters. The number of carbonyl (C=O) groups excluding carboxylic acids is 1. The van der Waals surface area contributed by atoms with Crippen LogP contribution in [0, 0.1) is 5.92 Å². The normalized spacial score (nSPS) is 22.2. The van der Waals surface area contributed by atoms with Crippen LogP contribution in [0.2, 0.25) is 0 Å². The van der Waals surface area contributed by atoms with Gasteiger partial charge < -0.3 is 10.2 Å². The van der Waals surface area contributed by atoms with E-state index >= 15 is 0 Å². The SMILES string of the molecule is O=C(O)C(O)C1CCc2sccc2C1=O. The summed E-state index contributed by atoms with van der Waals surface area (Å²) in [6, 6.07) is 1.70. The highest BCUT2D eigenvalue weighted by molar-refractivity contribution is 7.10. The number of aliphatic hydroxyl groups excluding tert-OH is 1. The summed E-state index contributed by atoms with van der Waals surface area (Å²) >= 11 is 1.50. The van der Waals surface area contributed by atoms with Crippen molar-refractivity contribution in [1.82, 2.24) is 0 Å². The van der Waals surface area contributed by atoms with Gasteiger partial charge in [0.25, 0.3) is 0 Å². The third-order valence-corrected chi connectivity index (χ3v) is 3.64. The second-order valence-corrected chi connectivity index (χ2v) is 4.55. The minimum atomic E-state index is -1.58. The lowest BCUT2D eigenvalue weighted by molar-refractivity contribution is -0.148. The van der Waals surface area contributed by atoms with E-state index in [0.717, 1.165) is 4.88 Å². The van der Waals surface area contributed by atoms with Crippen molar-refractivity contribution in [2.24, 2.45) is 5.92 Å². The van der Waals surface area contributed by atoms with E-state index < -0.39 is 18.0 Å². The Labute approximate surface area is 90.2 Å². The van der Waals surface area contributed by atoms with Crippen LogP contribution in [-0.4, -0.2) is 28.1 Å². The highest BCUT2D eigenvalue weighted by Gasteiger charge is 2.36. The molecule has 1 aromatic heterocycles. The molecular formula is C10H10O4S. The molecule has 2 rings (SSSR count). The number of carboxylic acids is 1. The summed E-state index contributed by atoms with van der Waals surface area (Å²) in [7, 11) is 0. The molecule has 0 fully saturated rings. The molecule has 0 aromatic carbocycles. The van der Waals surface area contributed by atoms with E-state index in [1.807, 2.05) is 5.38 Å². The maximum absolute atomic E-state index is 11.8. The van der Waals surface area contributed by atoms with E-state index in [4.69, 9.17) is 5.11 Å². The highest BCUT2D eigenvalue weighted by Crippen LogP contribution is 2.31. The second kappa shape index (κ2) is 3.75. The standard InChI is InChI=1S/C10H10O4S/c11-8-5-3-4-15-7(5)2-1-6(8)9(12)10(13)14/h3-4,6,9,12H,1-2H2,(H,13,14). The zero-order chi connectivity index (χ0) is 11.0. The van der Waals surface area contributed by atoms with Gasteiger partial charge in [0, 0.05) is 10.4 Å².